The van der Waals surface area contributed by atoms with Crippen LogP contribution in [0.15, 0.2) is 15.4 Å². The summed E-state index contributed by atoms with van der Waals surface area (Å²) in [5.41, 5.74) is 4.93. The molecule has 0 bridgehead atoms. The topological polar surface area (TPSA) is 78.2 Å². The summed E-state index contributed by atoms with van der Waals surface area (Å²) >= 11 is 0. The van der Waals surface area contributed by atoms with Crippen molar-refractivity contribution in [3.05, 3.63) is 22.2 Å². The molecule has 60 valence electrons. The Morgan fingerprint density at radius 3 is 2.82 bits per heavy atom. The van der Waals surface area contributed by atoms with Gasteiger partial charge < -0.3 is 10.3 Å². The van der Waals surface area contributed by atoms with E-state index < -0.39 is 11.5 Å². The number of hydrogen-bond donors (Lipinski definition) is 1. The monoisotopic (exact) mass is 156 g/mol. The fraction of sp³-hybridized carbons (Fsp3) is 0.333. The van der Waals surface area contributed by atoms with E-state index in [1.54, 1.807) is 7.05 Å². The highest BCUT2D eigenvalue weighted by atomic mass is 16.5. The summed E-state index contributed by atoms with van der Waals surface area (Å²) < 4.78 is 5.80. The lowest BCUT2D eigenvalue weighted by Gasteiger charge is -1.94. The highest BCUT2D eigenvalue weighted by molar-refractivity contribution is 5.76. The number of hydrogen-bond acceptors (Lipinski definition) is 3. The average Bonchev–Trinajstić information content (AvgIpc) is 2.09. The molecule has 0 aliphatic carbocycles. The lowest BCUT2D eigenvalue weighted by atomic mass is 10.3. The summed E-state index contributed by atoms with van der Waals surface area (Å²) in [4.78, 5) is 20.9. The number of aromatic nitrogens is 1. The first-order valence-corrected chi connectivity index (χ1v) is 3.04. The van der Waals surface area contributed by atoms with Crippen molar-refractivity contribution in [1.82, 2.24) is 4.74 Å². The van der Waals surface area contributed by atoms with Gasteiger partial charge in [0.15, 0.2) is 0 Å². The van der Waals surface area contributed by atoms with Crippen molar-refractivity contribution in [2.24, 2.45) is 12.8 Å². The van der Waals surface area contributed by atoms with Crippen LogP contribution in [0.5, 0.6) is 0 Å². The van der Waals surface area contributed by atoms with Gasteiger partial charge in [0.05, 0.1) is 12.1 Å². The van der Waals surface area contributed by atoms with Crippen LogP contribution >= 0.6 is 0 Å². The number of primary amides is 1. The van der Waals surface area contributed by atoms with Gasteiger partial charge in [-0.05, 0) is 0 Å². The Hall–Kier alpha value is -1.52. The Balaban J connectivity index is 2.94. The maximum Gasteiger partial charge on any atom is 0.357 e. The second-order valence-electron chi connectivity index (χ2n) is 2.19. The molecule has 0 fully saturated rings. The summed E-state index contributed by atoms with van der Waals surface area (Å²) in [5, 5.41) is 0. The summed E-state index contributed by atoms with van der Waals surface area (Å²) in [6.07, 6.45) is 0.0300. The van der Waals surface area contributed by atoms with E-state index >= 15 is 0 Å². The Morgan fingerprint density at radius 2 is 2.45 bits per heavy atom. The molecule has 0 spiro atoms. The minimum atomic E-state index is -0.485. The largest absolute Gasteiger partial charge is 0.369 e. The standard InChI is InChI=1S/C6H8N2O3/c1-8-4(2-5(7)9)3-6(10)11-8/h3H,2H2,1H3,(H2,7,9). The summed E-state index contributed by atoms with van der Waals surface area (Å²) in [5.74, 6) is -0.485. The van der Waals surface area contributed by atoms with E-state index in [9.17, 15) is 9.59 Å². The quantitative estimate of drug-likeness (QED) is 0.596. The summed E-state index contributed by atoms with van der Waals surface area (Å²) in [6.45, 7) is 0. The van der Waals surface area contributed by atoms with E-state index in [2.05, 4.69) is 4.52 Å². The average molecular weight is 156 g/mol. The van der Waals surface area contributed by atoms with Gasteiger partial charge in [-0.1, -0.05) is 0 Å². The molecule has 0 saturated heterocycles. The third-order valence-electron chi connectivity index (χ3n) is 1.27. The number of nitrogens with zero attached hydrogens (tertiary/aromatic N) is 1. The number of amides is 1. The summed E-state index contributed by atoms with van der Waals surface area (Å²) in [6, 6.07) is 1.24. The minimum Gasteiger partial charge on any atom is -0.369 e. The molecule has 11 heavy (non-hydrogen) atoms. The van der Waals surface area contributed by atoms with Gasteiger partial charge in [-0.25, -0.2) is 9.53 Å². The van der Waals surface area contributed by atoms with Crippen LogP contribution in [0.4, 0.5) is 0 Å². The number of carbonyl (C=O) groups excluding carboxylic acids is 1. The maximum absolute atomic E-state index is 10.6. The van der Waals surface area contributed by atoms with Gasteiger partial charge in [-0.15, -0.1) is 0 Å². The van der Waals surface area contributed by atoms with Gasteiger partial charge in [-0.2, -0.15) is 0 Å². The minimum absolute atomic E-state index is 0.0300. The van der Waals surface area contributed by atoms with E-state index in [-0.39, 0.29) is 6.42 Å². The second-order valence-corrected chi connectivity index (χ2v) is 2.19. The number of aryl methyl sites for hydroxylation is 1. The predicted molar refractivity (Wildman–Crippen MR) is 36.8 cm³/mol. The second kappa shape index (κ2) is 2.61. The van der Waals surface area contributed by atoms with Crippen LogP contribution in [0.2, 0.25) is 0 Å². The van der Waals surface area contributed by atoms with Crippen LogP contribution < -0.4 is 11.4 Å². The molecule has 1 heterocycles. The van der Waals surface area contributed by atoms with Crippen molar-refractivity contribution in [1.29, 1.82) is 0 Å². The Labute approximate surface area is 62.4 Å². The SMILES string of the molecule is Cn1oc(=O)cc1CC(N)=O. The molecule has 0 aliphatic heterocycles. The molecule has 0 atom stereocenters. The molecule has 5 nitrogen and oxygen atoms in total. The molecule has 1 amide bonds. The molecule has 0 aliphatic rings. The molecule has 0 radical (unpaired) electrons. The summed E-state index contributed by atoms with van der Waals surface area (Å²) in [7, 11) is 1.54. The van der Waals surface area contributed by atoms with Gasteiger partial charge in [0.2, 0.25) is 5.91 Å². The van der Waals surface area contributed by atoms with E-state index in [0.717, 1.165) is 0 Å². The third kappa shape index (κ3) is 1.70. The highest BCUT2D eigenvalue weighted by Crippen LogP contribution is 1.94. The van der Waals surface area contributed by atoms with Crippen LogP contribution in [-0.2, 0) is 18.3 Å². The van der Waals surface area contributed by atoms with E-state index in [4.69, 9.17) is 5.73 Å². The van der Waals surface area contributed by atoms with Crippen molar-refractivity contribution in [2.45, 2.75) is 6.42 Å². The fourth-order valence-electron chi connectivity index (χ4n) is 0.788. The van der Waals surface area contributed by atoms with Crippen LogP contribution in [0, 0.1) is 0 Å². The zero-order chi connectivity index (χ0) is 8.43. The Bertz CT molecular complexity index is 323. The van der Waals surface area contributed by atoms with Crippen LogP contribution in [0.3, 0.4) is 0 Å². The van der Waals surface area contributed by atoms with Crippen molar-refractivity contribution < 1.29 is 9.32 Å². The first-order chi connectivity index (χ1) is 5.09. The highest BCUT2D eigenvalue weighted by Gasteiger charge is 2.05. The van der Waals surface area contributed by atoms with Gasteiger partial charge in [0, 0.05) is 13.1 Å². The Kier molecular flexibility index (Phi) is 1.80. The van der Waals surface area contributed by atoms with Gasteiger partial charge >= 0.3 is 5.63 Å². The van der Waals surface area contributed by atoms with Gasteiger partial charge in [0.1, 0.15) is 0 Å². The van der Waals surface area contributed by atoms with E-state index in [1.807, 2.05) is 0 Å². The van der Waals surface area contributed by atoms with Crippen molar-refractivity contribution in [3.8, 4) is 0 Å². The smallest absolute Gasteiger partial charge is 0.357 e. The van der Waals surface area contributed by atoms with Crippen LogP contribution in [0.1, 0.15) is 5.69 Å². The lowest BCUT2D eigenvalue weighted by molar-refractivity contribution is -0.117. The van der Waals surface area contributed by atoms with E-state index in [1.165, 1.54) is 10.8 Å². The molecule has 2 N–H and O–H groups in total. The van der Waals surface area contributed by atoms with Gasteiger partial charge in [0.25, 0.3) is 0 Å². The van der Waals surface area contributed by atoms with Gasteiger partial charge in [-0.3, -0.25) is 4.79 Å². The first-order valence-electron chi connectivity index (χ1n) is 3.04. The van der Waals surface area contributed by atoms with Crippen molar-refractivity contribution in [2.75, 3.05) is 0 Å². The number of nitrogens with two attached hydrogens (primary N) is 1. The number of rotatable bonds is 2. The molecule has 0 saturated carbocycles. The molecule has 1 rings (SSSR count). The zero-order valence-electron chi connectivity index (χ0n) is 6.03. The van der Waals surface area contributed by atoms with Crippen molar-refractivity contribution >= 4 is 5.91 Å². The van der Waals surface area contributed by atoms with E-state index in [0.29, 0.717) is 5.69 Å². The Morgan fingerprint density at radius 1 is 1.82 bits per heavy atom. The first kappa shape index (κ1) is 7.59. The predicted octanol–water partition coefficient (Wildman–Crippen LogP) is -0.994. The maximum atomic E-state index is 10.6. The normalized spacial score (nSPS) is 9.91. The zero-order valence-corrected chi connectivity index (χ0v) is 6.03. The molecule has 0 aromatic carbocycles. The molecule has 0 unspecified atom stereocenters. The molecular weight excluding hydrogens is 148 g/mol. The molecular formula is C6H8N2O3. The van der Waals surface area contributed by atoms with Crippen LogP contribution in [0.25, 0.3) is 0 Å². The molecule has 1 aromatic rings. The fourth-order valence-corrected chi connectivity index (χ4v) is 0.788. The third-order valence-corrected chi connectivity index (χ3v) is 1.27. The lowest BCUT2D eigenvalue weighted by Crippen LogP contribution is -2.15. The van der Waals surface area contributed by atoms with Crippen molar-refractivity contribution in [3.63, 3.8) is 0 Å². The molecule has 1 aromatic heterocycles. The number of carbonyl (C=O) groups is 1. The van der Waals surface area contributed by atoms with Crippen LogP contribution in [-0.4, -0.2) is 10.6 Å². The molecule has 5 heteroatoms.